The number of rotatable bonds is 6. The number of hydrogen-bond donors (Lipinski definition) is 0. The number of nitrogens with zero attached hydrogens (tertiary/aromatic N) is 1. The van der Waals surface area contributed by atoms with E-state index in [1.807, 2.05) is 42.5 Å². The lowest BCUT2D eigenvalue weighted by atomic mass is 10.1. The molecule has 5 nitrogen and oxygen atoms in total. The van der Waals surface area contributed by atoms with Crippen molar-refractivity contribution in [3.05, 3.63) is 95.4 Å². The van der Waals surface area contributed by atoms with Gasteiger partial charge in [0.2, 0.25) is 5.78 Å². The van der Waals surface area contributed by atoms with Crippen molar-refractivity contribution in [2.24, 2.45) is 0 Å². The third-order valence-corrected chi connectivity index (χ3v) is 5.67. The molecule has 1 aliphatic heterocycles. The van der Waals surface area contributed by atoms with Crippen LogP contribution in [0.25, 0.3) is 17.0 Å². The first-order chi connectivity index (χ1) is 15.7. The van der Waals surface area contributed by atoms with Gasteiger partial charge in [0.05, 0.1) is 12.7 Å². The fourth-order valence-corrected chi connectivity index (χ4v) is 4.03. The van der Waals surface area contributed by atoms with Crippen molar-refractivity contribution in [1.29, 1.82) is 0 Å². The molecule has 4 aromatic rings. The second kappa shape index (κ2) is 8.27. The van der Waals surface area contributed by atoms with E-state index < -0.39 is 0 Å². The van der Waals surface area contributed by atoms with Crippen molar-refractivity contribution in [3.63, 3.8) is 0 Å². The summed E-state index contributed by atoms with van der Waals surface area (Å²) >= 11 is 0. The van der Waals surface area contributed by atoms with Crippen molar-refractivity contribution in [2.75, 3.05) is 7.11 Å². The number of methoxy groups -OCH3 is 1. The summed E-state index contributed by atoms with van der Waals surface area (Å²) in [4.78, 5) is 12.9. The van der Waals surface area contributed by atoms with Crippen molar-refractivity contribution < 1.29 is 19.0 Å². The Morgan fingerprint density at radius 1 is 1.03 bits per heavy atom. The van der Waals surface area contributed by atoms with Gasteiger partial charge in [0.15, 0.2) is 5.76 Å². The fraction of sp³-hybridized carbons (Fsp3) is 0.148. The minimum Gasteiger partial charge on any atom is -0.496 e. The molecule has 1 aliphatic rings. The van der Waals surface area contributed by atoms with Crippen molar-refractivity contribution >= 4 is 22.8 Å². The minimum atomic E-state index is -0.121. The summed E-state index contributed by atoms with van der Waals surface area (Å²) in [6.07, 6.45) is 3.88. The highest BCUT2D eigenvalue weighted by Gasteiger charge is 2.28. The Morgan fingerprint density at radius 3 is 2.69 bits per heavy atom. The molecule has 0 spiro atoms. The molecular formula is C27H23NO4. The lowest BCUT2D eigenvalue weighted by molar-refractivity contribution is 0.101. The molecule has 0 amide bonds. The Morgan fingerprint density at radius 2 is 1.84 bits per heavy atom. The molecule has 0 atom stereocenters. The standard InChI is InChI=1S/C27H23NO4/c1-3-28-16-19(21-9-5-6-10-23(21)28)14-26-27(29)22-13-12-20(15-25(22)32-26)31-17-18-8-4-7-11-24(18)30-2/h4-16H,3,17H2,1-2H3/b26-14-. The normalized spacial score (nSPS) is 13.9. The molecule has 5 heteroatoms. The van der Waals surface area contributed by atoms with E-state index in [1.165, 1.54) is 0 Å². The number of fused-ring (bicyclic) bond motifs is 2. The van der Waals surface area contributed by atoms with Gasteiger partial charge < -0.3 is 18.8 Å². The first kappa shape index (κ1) is 19.9. The maximum Gasteiger partial charge on any atom is 0.231 e. The second-order valence-electron chi connectivity index (χ2n) is 7.59. The summed E-state index contributed by atoms with van der Waals surface area (Å²) in [6.45, 7) is 3.31. The molecule has 0 unspecified atom stereocenters. The van der Waals surface area contributed by atoms with Gasteiger partial charge in [0.25, 0.3) is 0 Å². The van der Waals surface area contributed by atoms with Gasteiger partial charge in [-0.2, -0.15) is 0 Å². The van der Waals surface area contributed by atoms with Crippen LogP contribution in [-0.2, 0) is 13.2 Å². The van der Waals surface area contributed by atoms with Gasteiger partial charge in [-0.05, 0) is 37.3 Å². The zero-order chi connectivity index (χ0) is 22.1. The fourth-order valence-electron chi connectivity index (χ4n) is 4.03. The highest BCUT2D eigenvalue weighted by atomic mass is 16.5. The third kappa shape index (κ3) is 3.52. The summed E-state index contributed by atoms with van der Waals surface area (Å²) < 4.78 is 19.4. The van der Waals surface area contributed by atoms with Crippen LogP contribution in [0.3, 0.4) is 0 Å². The van der Waals surface area contributed by atoms with Gasteiger partial charge in [-0.15, -0.1) is 0 Å². The van der Waals surface area contributed by atoms with Gasteiger partial charge in [-0.1, -0.05) is 36.4 Å². The van der Waals surface area contributed by atoms with E-state index in [-0.39, 0.29) is 5.78 Å². The molecule has 2 heterocycles. The van der Waals surface area contributed by atoms with Crippen LogP contribution in [0.1, 0.15) is 28.4 Å². The number of ketones is 1. The van der Waals surface area contributed by atoms with E-state index in [4.69, 9.17) is 14.2 Å². The average Bonchev–Trinajstić information content (AvgIpc) is 3.35. The first-order valence-corrected chi connectivity index (χ1v) is 10.6. The van der Waals surface area contributed by atoms with Crippen LogP contribution in [0.5, 0.6) is 17.2 Å². The molecule has 160 valence electrons. The number of Topliss-reactive ketones (excluding diaryl/α,β-unsaturated/α-hetero) is 1. The summed E-state index contributed by atoms with van der Waals surface area (Å²) in [5, 5.41) is 1.09. The molecule has 32 heavy (non-hydrogen) atoms. The number of para-hydroxylation sites is 2. The molecule has 0 radical (unpaired) electrons. The predicted molar refractivity (Wildman–Crippen MR) is 124 cm³/mol. The van der Waals surface area contributed by atoms with Crippen LogP contribution < -0.4 is 14.2 Å². The Hall–Kier alpha value is -3.99. The molecule has 0 N–H and O–H groups in total. The van der Waals surface area contributed by atoms with Gasteiger partial charge >= 0.3 is 0 Å². The number of aryl methyl sites for hydroxylation is 1. The van der Waals surface area contributed by atoms with Crippen molar-refractivity contribution in [1.82, 2.24) is 4.57 Å². The van der Waals surface area contributed by atoms with E-state index in [1.54, 1.807) is 25.3 Å². The number of carbonyl (C=O) groups is 1. The van der Waals surface area contributed by atoms with E-state index in [2.05, 4.69) is 29.8 Å². The molecule has 0 fully saturated rings. The number of ether oxygens (including phenoxy) is 3. The molecule has 0 aliphatic carbocycles. The topological polar surface area (TPSA) is 49.7 Å². The summed E-state index contributed by atoms with van der Waals surface area (Å²) in [6, 6.07) is 21.2. The SMILES string of the molecule is CCn1cc(/C=C2\Oc3cc(OCc4ccccc4OC)ccc3C2=O)c2ccccc21. The van der Waals surface area contributed by atoms with Crippen LogP contribution in [0.4, 0.5) is 0 Å². The zero-order valence-electron chi connectivity index (χ0n) is 18.0. The Bertz CT molecular complexity index is 1350. The van der Waals surface area contributed by atoms with E-state index >= 15 is 0 Å². The van der Waals surface area contributed by atoms with Crippen LogP contribution in [-0.4, -0.2) is 17.5 Å². The number of hydrogen-bond acceptors (Lipinski definition) is 4. The smallest absolute Gasteiger partial charge is 0.231 e. The van der Waals surface area contributed by atoms with Crippen LogP contribution >= 0.6 is 0 Å². The Balaban J connectivity index is 1.40. The van der Waals surface area contributed by atoms with Crippen molar-refractivity contribution in [3.8, 4) is 17.2 Å². The third-order valence-electron chi connectivity index (χ3n) is 5.67. The number of benzene rings is 3. The van der Waals surface area contributed by atoms with Gasteiger partial charge in [-0.25, -0.2) is 0 Å². The summed E-state index contributed by atoms with van der Waals surface area (Å²) in [5.74, 6) is 2.12. The van der Waals surface area contributed by atoms with E-state index in [9.17, 15) is 4.79 Å². The first-order valence-electron chi connectivity index (χ1n) is 10.6. The average molecular weight is 425 g/mol. The van der Waals surface area contributed by atoms with Crippen LogP contribution in [0, 0.1) is 0 Å². The second-order valence-corrected chi connectivity index (χ2v) is 7.59. The number of aromatic nitrogens is 1. The highest BCUT2D eigenvalue weighted by Crippen LogP contribution is 2.36. The van der Waals surface area contributed by atoms with Gasteiger partial charge in [0, 0.05) is 40.8 Å². The van der Waals surface area contributed by atoms with Gasteiger partial charge in [-0.3, -0.25) is 4.79 Å². The maximum absolute atomic E-state index is 12.9. The maximum atomic E-state index is 12.9. The molecule has 1 aromatic heterocycles. The lowest BCUT2D eigenvalue weighted by Gasteiger charge is -2.10. The lowest BCUT2D eigenvalue weighted by Crippen LogP contribution is -1.99. The predicted octanol–water partition coefficient (Wildman–Crippen LogP) is 5.87. The molecule has 5 rings (SSSR count). The Kier molecular flexibility index (Phi) is 5.15. The van der Waals surface area contributed by atoms with Crippen molar-refractivity contribution in [2.45, 2.75) is 20.1 Å². The van der Waals surface area contributed by atoms with E-state index in [0.29, 0.717) is 29.4 Å². The quantitative estimate of drug-likeness (QED) is 0.363. The largest absolute Gasteiger partial charge is 0.496 e. The Labute approximate surface area is 186 Å². The molecule has 0 saturated carbocycles. The highest BCUT2D eigenvalue weighted by molar-refractivity contribution is 6.15. The molecular weight excluding hydrogens is 402 g/mol. The molecule has 0 saturated heterocycles. The molecule has 3 aromatic carbocycles. The van der Waals surface area contributed by atoms with Gasteiger partial charge in [0.1, 0.15) is 23.9 Å². The summed E-state index contributed by atoms with van der Waals surface area (Å²) in [5.41, 5.74) is 3.59. The number of carbonyl (C=O) groups excluding carboxylic acids is 1. The summed E-state index contributed by atoms with van der Waals surface area (Å²) in [7, 11) is 1.64. The minimum absolute atomic E-state index is 0.121. The molecule has 0 bridgehead atoms. The zero-order valence-corrected chi connectivity index (χ0v) is 18.0. The number of allylic oxidation sites excluding steroid dienone is 1. The van der Waals surface area contributed by atoms with Crippen LogP contribution in [0.15, 0.2) is 78.7 Å². The van der Waals surface area contributed by atoms with Crippen LogP contribution in [0.2, 0.25) is 0 Å². The monoisotopic (exact) mass is 425 g/mol. The van der Waals surface area contributed by atoms with E-state index in [0.717, 1.165) is 34.3 Å².